The molecule has 3 rings (SSSR count). The fourth-order valence-electron chi connectivity index (χ4n) is 3.13. The highest BCUT2D eigenvalue weighted by molar-refractivity contribution is 7.11. The van der Waals surface area contributed by atoms with Crippen LogP contribution >= 0.6 is 11.3 Å². The van der Waals surface area contributed by atoms with Crippen molar-refractivity contribution in [2.24, 2.45) is 0 Å². The van der Waals surface area contributed by atoms with Gasteiger partial charge in [0.25, 0.3) is 5.91 Å². The zero-order valence-electron chi connectivity index (χ0n) is 16.2. The minimum atomic E-state index is -0.734. The van der Waals surface area contributed by atoms with Gasteiger partial charge < -0.3 is 9.47 Å². The molecule has 6 nitrogen and oxygen atoms in total. The van der Waals surface area contributed by atoms with E-state index in [9.17, 15) is 9.59 Å². The van der Waals surface area contributed by atoms with E-state index in [1.807, 2.05) is 39.0 Å². The van der Waals surface area contributed by atoms with Crippen LogP contribution in [0.3, 0.4) is 0 Å². The number of thiazole rings is 1. The van der Waals surface area contributed by atoms with E-state index in [0.29, 0.717) is 18.0 Å². The highest BCUT2D eigenvalue weighted by Crippen LogP contribution is 2.39. The fourth-order valence-corrected chi connectivity index (χ4v) is 3.97. The summed E-state index contributed by atoms with van der Waals surface area (Å²) in [6.07, 6.45) is 0.0720. The lowest BCUT2D eigenvalue weighted by atomic mass is 10.1. The first-order chi connectivity index (χ1) is 12.8. The topological polar surface area (TPSA) is 68.7 Å². The third-order valence-corrected chi connectivity index (χ3v) is 5.35. The van der Waals surface area contributed by atoms with E-state index in [2.05, 4.69) is 4.98 Å². The number of fused-ring (bicyclic) bond motifs is 1. The molecule has 1 amide bonds. The van der Waals surface area contributed by atoms with E-state index in [1.165, 1.54) is 4.90 Å². The molecule has 0 spiro atoms. The maximum Gasteiger partial charge on any atom is 0.328 e. The highest BCUT2D eigenvalue weighted by Gasteiger charge is 2.38. The number of esters is 1. The van der Waals surface area contributed by atoms with Gasteiger partial charge in [-0.3, -0.25) is 9.69 Å². The molecule has 1 aliphatic rings. The van der Waals surface area contributed by atoms with Gasteiger partial charge in [0.2, 0.25) is 0 Å². The van der Waals surface area contributed by atoms with Crippen molar-refractivity contribution in [3.8, 4) is 17.0 Å². The van der Waals surface area contributed by atoms with Gasteiger partial charge in [-0.2, -0.15) is 0 Å². The maximum atomic E-state index is 12.8. The van der Waals surface area contributed by atoms with Crippen molar-refractivity contribution < 1.29 is 19.1 Å². The van der Waals surface area contributed by atoms with Crippen molar-refractivity contribution >= 4 is 28.9 Å². The van der Waals surface area contributed by atoms with Crippen molar-refractivity contribution in [3.63, 3.8) is 0 Å². The Bertz CT molecular complexity index is 877. The summed E-state index contributed by atoms with van der Waals surface area (Å²) in [5.41, 5.74) is 2.34. The van der Waals surface area contributed by atoms with Crippen molar-refractivity contribution in [1.82, 2.24) is 4.98 Å². The lowest BCUT2D eigenvalue weighted by Crippen LogP contribution is -2.52. The smallest absolute Gasteiger partial charge is 0.328 e. The van der Waals surface area contributed by atoms with E-state index >= 15 is 0 Å². The van der Waals surface area contributed by atoms with E-state index in [0.717, 1.165) is 27.6 Å². The first kappa shape index (κ1) is 19.4. The van der Waals surface area contributed by atoms with E-state index in [4.69, 9.17) is 9.47 Å². The van der Waals surface area contributed by atoms with Gasteiger partial charge in [0.15, 0.2) is 6.10 Å². The van der Waals surface area contributed by atoms with Gasteiger partial charge >= 0.3 is 5.97 Å². The lowest BCUT2D eigenvalue weighted by molar-refractivity contribution is -0.146. The van der Waals surface area contributed by atoms with Crippen molar-refractivity contribution in [3.05, 3.63) is 28.1 Å². The van der Waals surface area contributed by atoms with Gasteiger partial charge in [0, 0.05) is 10.4 Å². The molecule has 0 saturated heterocycles. The van der Waals surface area contributed by atoms with Crippen LogP contribution in [0.4, 0.5) is 5.69 Å². The Balaban J connectivity index is 2.03. The first-order valence-corrected chi connectivity index (χ1v) is 9.90. The molecule has 2 heterocycles. The summed E-state index contributed by atoms with van der Waals surface area (Å²) in [6, 6.07) is 4.90. The molecule has 2 atom stereocenters. The Labute approximate surface area is 163 Å². The number of ether oxygens (including phenoxy) is 2. The minimum absolute atomic E-state index is 0.258. The standard InChI is InChI=1S/C20H24N2O4S/c1-6-9-25-20(24)11(2)22-16-10-15(18-13(4)27-14(5)21-18)7-8-17(16)26-12(3)19(22)23/h7-8,10-12H,6,9H2,1-5H3. The Morgan fingerprint density at radius 2 is 2.15 bits per heavy atom. The van der Waals surface area contributed by atoms with Gasteiger partial charge in [-0.05, 0) is 52.3 Å². The van der Waals surface area contributed by atoms with Gasteiger partial charge in [0.05, 0.1) is 23.0 Å². The normalized spacial score (nSPS) is 17.3. The van der Waals surface area contributed by atoms with Crippen LogP contribution in [-0.2, 0) is 14.3 Å². The Hall–Kier alpha value is -2.41. The molecule has 0 N–H and O–H groups in total. The quantitative estimate of drug-likeness (QED) is 0.727. The second-order valence-corrected chi connectivity index (χ2v) is 8.04. The van der Waals surface area contributed by atoms with Gasteiger partial charge in [-0.15, -0.1) is 11.3 Å². The van der Waals surface area contributed by atoms with E-state index in [1.54, 1.807) is 25.2 Å². The molecule has 0 fully saturated rings. The average Bonchev–Trinajstić information content (AvgIpc) is 2.98. The van der Waals surface area contributed by atoms with E-state index in [-0.39, 0.29) is 5.91 Å². The van der Waals surface area contributed by atoms with Crippen LogP contribution < -0.4 is 9.64 Å². The second kappa shape index (κ2) is 7.68. The molecule has 1 aliphatic heterocycles. The monoisotopic (exact) mass is 388 g/mol. The molecule has 2 unspecified atom stereocenters. The number of carbonyl (C=O) groups is 2. The summed E-state index contributed by atoms with van der Waals surface area (Å²) in [4.78, 5) is 32.4. The van der Waals surface area contributed by atoms with Crippen LogP contribution in [0, 0.1) is 13.8 Å². The second-order valence-electron chi connectivity index (χ2n) is 6.63. The molecular weight excluding hydrogens is 364 g/mol. The van der Waals surface area contributed by atoms with Crippen LogP contribution in [0.5, 0.6) is 5.75 Å². The summed E-state index contributed by atoms with van der Waals surface area (Å²) in [6.45, 7) is 9.62. The van der Waals surface area contributed by atoms with Crippen LogP contribution in [0.15, 0.2) is 18.2 Å². The summed E-state index contributed by atoms with van der Waals surface area (Å²) >= 11 is 1.63. The van der Waals surface area contributed by atoms with Gasteiger partial charge in [0.1, 0.15) is 11.8 Å². The molecule has 1 aromatic heterocycles. The van der Waals surface area contributed by atoms with Crippen LogP contribution in [0.25, 0.3) is 11.3 Å². The number of rotatable bonds is 5. The Kier molecular flexibility index (Phi) is 5.51. The van der Waals surface area contributed by atoms with Gasteiger partial charge in [-0.25, -0.2) is 9.78 Å². The molecule has 0 saturated carbocycles. The van der Waals surface area contributed by atoms with E-state index < -0.39 is 18.1 Å². The van der Waals surface area contributed by atoms with Crippen molar-refractivity contribution in [2.75, 3.05) is 11.5 Å². The molecule has 0 bridgehead atoms. The van der Waals surface area contributed by atoms with Crippen LogP contribution in [-0.4, -0.2) is 35.6 Å². The minimum Gasteiger partial charge on any atom is -0.479 e. The molecule has 0 radical (unpaired) electrons. The summed E-state index contributed by atoms with van der Waals surface area (Å²) in [5.74, 6) is -0.103. The number of hydrogen-bond acceptors (Lipinski definition) is 6. The first-order valence-electron chi connectivity index (χ1n) is 9.08. The maximum absolute atomic E-state index is 12.8. The highest BCUT2D eigenvalue weighted by atomic mass is 32.1. The zero-order valence-corrected chi connectivity index (χ0v) is 17.1. The third-order valence-electron chi connectivity index (χ3n) is 4.46. The molecule has 0 aliphatic carbocycles. The largest absolute Gasteiger partial charge is 0.479 e. The number of amides is 1. The molecule has 1 aromatic carbocycles. The summed E-state index contributed by atoms with van der Waals surface area (Å²) in [5, 5.41) is 0.981. The number of hydrogen-bond donors (Lipinski definition) is 0. The molecule has 144 valence electrons. The lowest BCUT2D eigenvalue weighted by Gasteiger charge is -2.36. The molecule has 2 aromatic rings. The Morgan fingerprint density at radius 1 is 1.41 bits per heavy atom. The van der Waals surface area contributed by atoms with Crippen molar-refractivity contribution in [2.45, 2.75) is 53.2 Å². The zero-order chi connectivity index (χ0) is 19.7. The SMILES string of the molecule is CCCOC(=O)C(C)N1C(=O)C(C)Oc2ccc(-c3nc(C)sc3C)cc21. The van der Waals surface area contributed by atoms with Gasteiger partial charge in [-0.1, -0.05) is 6.92 Å². The van der Waals surface area contributed by atoms with Crippen LogP contribution in [0.2, 0.25) is 0 Å². The fraction of sp³-hybridized carbons (Fsp3) is 0.450. The molecule has 7 heteroatoms. The number of carbonyl (C=O) groups excluding carboxylic acids is 2. The number of aryl methyl sites for hydroxylation is 2. The molecular formula is C20H24N2O4S. The Morgan fingerprint density at radius 3 is 2.78 bits per heavy atom. The summed E-state index contributed by atoms with van der Waals surface area (Å²) in [7, 11) is 0. The predicted molar refractivity (Wildman–Crippen MR) is 105 cm³/mol. The summed E-state index contributed by atoms with van der Waals surface area (Å²) < 4.78 is 11.0. The van der Waals surface area contributed by atoms with Crippen LogP contribution in [0.1, 0.15) is 37.1 Å². The number of anilines is 1. The number of aromatic nitrogens is 1. The predicted octanol–water partition coefficient (Wildman–Crippen LogP) is 3.88. The number of benzene rings is 1. The number of nitrogens with zero attached hydrogens (tertiary/aromatic N) is 2. The average molecular weight is 388 g/mol. The van der Waals surface area contributed by atoms with Crippen molar-refractivity contribution in [1.29, 1.82) is 0 Å². The molecule has 27 heavy (non-hydrogen) atoms. The third kappa shape index (κ3) is 3.69.